The molecule has 0 aliphatic heterocycles. The molecule has 0 saturated carbocycles. The molecule has 4 nitrogen and oxygen atoms in total. The topological polar surface area (TPSA) is 36.4 Å². The van der Waals surface area contributed by atoms with Crippen molar-refractivity contribution in [2.24, 2.45) is 0 Å². The Bertz CT molecular complexity index is 958. The molecule has 0 aliphatic carbocycles. The quantitative estimate of drug-likeness (QED) is 0.575. The molecule has 150 valence electrons. The predicted molar refractivity (Wildman–Crippen MR) is 122 cm³/mol. The molecule has 28 heavy (non-hydrogen) atoms. The summed E-state index contributed by atoms with van der Waals surface area (Å²) in [5.41, 5.74) is 6.26. The summed E-state index contributed by atoms with van der Waals surface area (Å²) < 4.78 is 1.12. The molecule has 0 unspecified atom stereocenters. The van der Waals surface area contributed by atoms with Gasteiger partial charge in [-0.1, -0.05) is 29.0 Å². The molecule has 0 atom stereocenters. The van der Waals surface area contributed by atoms with E-state index in [9.17, 15) is 4.79 Å². The molecule has 6 heteroatoms. The summed E-state index contributed by atoms with van der Waals surface area (Å²) in [6, 6.07) is 10.3. The minimum atomic E-state index is 0. The van der Waals surface area contributed by atoms with Crippen molar-refractivity contribution in [3.63, 3.8) is 0 Å². The van der Waals surface area contributed by atoms with E-state index in [4.69, 9.17) is 4.98 Å². The van der Waals surface area contributed by atoms with E-state index >= 15 is 0 Å². The van der Waals surface area contributed by atoms with Gasteiger partial charge in [-0.2, -0.15) is 0 Å². The maximum atomic E-state index is 13.4. The van der Waals surface area contributed by atoms with E-state index in [2.05, 4.69) is 30.9 Å². The maximum absolute atomic E-state index is 13.4. The van der Waals surface area contributed by atoms with Crippen molar-refractivity contribution in [2.45, 2.75) is 27.7 Å². The number of fused-ring (bicyclic) bond motifs is 1. The van der Waals surface area contributed by atoms with Crippen LogP contribution >= 0.6 is 23.7 Å². The number of halogens is 1. The highest BCUT2D eigenvalue weighted by molar-refractivity contribution is 7.22. The van der Waals surface area contributed by atoms with E-state index in [-0.39, 0.29) is 18.3 Å². The summed E-state index contributed by atoms with van der Waals surface area (Å²) in [7, 11) is 4.04. The van der Waals surface area contributed by atoms with Crippen molar-refractivity contribution in [2.75, 3.05) is 32.1 Å². The Hall–Kier alpha value is -1.95. The fourth-order valence-corrected chi connectivity index (χ4v) is 4.05. The van der Waals surface area contributed by atoms with E-state index in [1.807, 2.05) is 51.0 Å². The molecular formula is C22H28ClN3OS. The van der Waals surface area contributed by atoms with Crippen molar-refractivity contribution in [1.29, 1.82) is 0 Å². The van der Waals surface area contributed by atoms with Crippen LogP contribution < -0.4 is 4.90 Å². The molecule has 3 rings (SSSR count). The first-order valence-corrected chi connectivity index (χ1v) is 9.99. The second kappa shape index (κ2) is 9.03. The molecule has 0 bridgehead atoms. The lowest BCUT2D eigenvalue weighted by Crippen LogP contribution is -2.37. The van der Waals surface area contributed by atoms with Crippen LogP contribution in [-0.4, -0.2) is 43.0 Å². The molecule has 0 N–H and O–H groups in total. The van der Waals surface area contributed by atoms with Crippen LogP contribution in [0.15, 0.2) is 30.3 Å². The fraction of sp³-hybridized carbons (Fsp3) is 0.364. The lowest BCUT2D eigenvalue weighted by molar-refractivity contribution is 0.0984. The average Bonchev–Trinajstić information content (AvgIpc) is 2.99. The third-order valence-electron chi connectivity index (χ3n) is 4.86. The Morgan fingerprint density at radius 1 is 0.964 bits per heavy atom. The van der Waals surface area contributed by atoms with Gasteiger partial charge < -0.3 is 4.90 Å². The van der Waals surface area contributed by atoms with Crippen LogP contribution in [0.4, 0.5) is 5.13 Å². The Labute approximate surface area is 177 Å². The zero-order chi connectivity index (χ0) is 19.7. The molecule has 0 radical (unpaired) electrons. The minimum Gasteiger partial charge on any atom is -0.308 e. The number of likely N-dealkylation sites (N-methyl/N-ethyl adjacent to an activating group) is 1. The molecule has 3 aromatic rings. The summed E-state index contributed by atoms with van der Waals surface area (Å²) in [6.07, 6.45) is 0. The van der Waals surface area contributed by atoms with Crippen molar-refractivity contribution < 1.29 is 4.79 Å². The van der Waals surface area contributed by atoms with Crippen LogP contribution in [0.2, 0.25) is 0 Å². The maximum Gasteiger partial charge on any atom is 0.260 e. The highest BCUT2D eigenvalue weighted by Gasteiger charge is 2.23. The van der Waals surface area contributed by atoms with E-state index in [1.54, 1.807) is 11.3 Å². The minimum absolute atomic E-state index is 0. The number of thiazole rings is 1. The van der Waals surface area contributed by atoms with Gasteiger partial charge in [0.25, 0.3) is 5.91 Å². The summed E-state index contributed by atoms with van der Waals surface area (Å²) >= 11 is 1.59. The molecular weight excluding hydrogens is 390 g/mol. The van der Waals surface area contributed by atoms with Crippen LogP contribution in [0.3, 0.4) is 0 Å². The standard InChI is InChI=1S/C22H27N3OS.ClH/c1-14-7-8-15(2)18(11-14)21(26)25(10-9-24(5)6)22-23-19-12-16(3)17(4)13-20(19)27-22;/h7-8,11-13H,9-10H2,1-6H3;1H. The van der Waals surface area contributed by atoms with E-state index in [0.29, 0.717) is 6.54 Å². The van der Waals surface area contributed by atoms with E-state index in [0.717, 1.165) is 38.6 Å². The van der Waals surface area contributed by atoms with E-state index < -0.39 is 0 Å². The molecule has 0 fully saturated rings. The van der Waals surface area contributed by atoms with Gasteiger partial charge in [-0.3, -0.25) is 9.69 Å². The van der Waals surface area contributed by atoms with Gasteiger partial charge in [0.1, 0.15) is 0 Å². The SMILES string of the molecule is Cc1ccc(C)c(C(=O)N(CCN(C)C)c2nc3cc(C)c(C)cc3s2)c1.Cl. The number of hydrogen-bond acceptors (Lipinski definition) is 4. The number of hydrogen-bond donors (Lipinski definition) is 0. The second-order valence-corrected chi connectivity index (χ2v) is 8.49. The Morgan fingerprint density at radius 2 is 1.64 bits per heavy atom. The molecule has 0 aliphatic rings. The van der Waals surface area contributed by atoms with Crippen LogP contribution in [0.25, 0.3) is 10.2 Å². The first kappa shape index (κ1) is 22.3. The number of rotatable bonds is 5. The van der Waals surface area contributed by atoms with Gasteiger partial charge in [0.15, 0.2) is 5.13 Å². The van der Waals surface area contributed by atoms with E-state index in [1.165, 1.54) is 11.1 Å². The Balaban J connectivity index is 0.00000280. The third-order valence-corrected chi connectivity index (χ3v) is 5.90. The summed E-state index contributed by atoms with van der Waals surface area (Å²) in [4.78, 5) is 22.1. The number of anilines is 1. The van der Waals surface area contributed by atoms with Gasteiger partial charge in [0.2, 0.25) is 0 Å². The number of benzene rings is 2. The van der Waals surface area contributed by atoms with Gasteiger partial charge >= 0.3 is 0 Å². The first-order chi connectivity index (χ1) is 12.8. The number of carbonyl (C=O) groups is 1. The number of aryl methyl sites for hydroxylation is 4. The smallest absolute Gasteiger partial charge is 0.260 e. The van der Waals surface area contributed by atoms with Crippen molar-refractivity contribution in [3.05, 3.63) is 58.1 Å². The molecule has 0 saturated heterocycles. The number of carbonyl (C=O) groups excluding carboxylic acids is 1. The van der Waals surface area contributed by atoms with Crippen molar-refractivity contribution >= 4 is 45.0 Å². The molecule has 1 heterocycles. The average molecular weight is 418 g/mol. The summed E-state index contributed by atoms with van der Waals surface area (Å²) in [5, 5.41) is 0.766. The first-order valence-electron chi connectivity index (χ1n) is 9.18. The second-order valence-electron chi connectivity index (χ2n) is 7.48. The molecule has 2 aromatic carbocycles. The van der Waals surface area contributed by atoms with Gasteiger partial charge in [-0.15, -0.1) is 12.4 Å². The Morgan fingerprint density at radius 3 is 2.32 bits per heavy atom. The lowest BCUT2D eigenvalue weighted by atomic mass is 10.0. The zero-order valence-electron chi connectivity index (χ0n) is 17.4. The molecule has 1 amide bonds. The highest BCUT2D eigenvalue weighted by atomic mass is 35.5. The van der Waals surface area contributed by atoms with Gasteiger partial charge in [0.05, 0.1) is 10.2 Å². The Kier molecular flexibility index (Phi) is 7.21. The highest BCUT2D eigenvalue weighted by Crippen LogP contribution is 2.32. The lowest BCUT2D eigenvalue weighted by Gasteiger charge is -2.23. The molecule has 0 spiro atoms. The van der Waals surface area contributed by atoms with Gasteiger partial charge in [-0.05, 0) is 76.7 Å². The summed E-state index contributed by atoms with van der Waals surface area (Å²) in [5.74, 6) is 0.0190. The van der Waals surface area contributed by atoms with Crippen LogP contribution in [-0.2, 0) is 0 Å². The number of amides is 1. The van der Waals surface area contributed by atoms with Gasteiger partial charge in [-0.25, -0.2) is 4.98 Å². The fourth-order valence-electron chi connectivity index (χ4n) is 2.98. The van der Waals surface area contributed by atoms with Crippen molar-refractivity contribution in [1.82, 2.24) is 9.88 Å². The number of nitrogens with zero attached hydrogens (tertiary/aromatic N) is 3. The predicted octanol–water partition coefficient (Wildman–Crippen LogP) is 5.16. The largest absolute Gasteiger partial charge is 0.308 e. The molecule has 1 aromatic heterocycles. The van der Waals surface area contributed by atoms with Gasteiger partial charge in [0, 0.05) is 18.7 Å². The van der Waals surface area contributed by atoms with Crippen LogP contribution in [0.5, 0.6) is 0 Å². The number of aromatic nitrogens is 1. The normalized spacial score (nSPS) is 11.0. The zero-order valence-corrected chi connectivity index (χ0v) is 19.0. The monoisotopic (exact) mass is 417 g/mol. The van der Waals surface area contributed by atoms with Crippen LogP contribution in [0.1, 0.15) is 32.6 Å². The van der Waals surface area contributed by atoms with Crippen LogP contribution in [0, 0.1) is 27.7 Å². The third kappa shape index (κ3) is 4.72. The summed E-state index contributed by atoms with van der Waals surface area (Å²) in [6.45, 7) is 9.60. The van der Waals surface area contributed by atoms with Crippen molar-refractivity contribution in [3.8, 4) is 0 Å².